The zero-order valence-electron chi connectivity index (χ0n) is 18.1. The molecule has 0 saturated carbocycles. The maximum absolute atomic E-state index is 12.7. The SMILES string of the molecule is CCS(=O)(=O)c1ccc(C(=O)N[C@@H]2[C@@H](C)CCN(C(=O)OC(C)(C)C)[C@H]2C)cc1. The minimum Gasteiger partial charge on any atom is -0.444 e. The molecule has 3 atom stereocenters. The number of sulfone groups is 1. The molecule has 8 heteroatoms. The van der Waals surface area contributed by atoms with E-state index in [1.54, 1.807) is 11.8 Å². The predicted molar refractivity (Wildman–Crippen MR) is 112 cm³/mol. The van der Waals surface area contributed by atoms with Gasteiger partial charge in [0.25, 0.3) is 5.91 Å². The summed E-state index contributed by atoms with van der Waals surface area (Å²) in [6.45, 7) is 11.6. The molecule has 1 aromatic carbocycles. The van der Waals surface area contributed by atoms with Crippen molar-refractivity contribution < 1.29 is 22.7 Å². The number of ether oxygens (including phenoxy) is 1. The van der Waals surface area contributed by atoms with Crippen LogP contribution in [0.1, 0.15) is 58.3 Å². The van der Waals surface area contributed by atoms with Gasteiger partial charge in [0.05, 0.1) is 22.7 Å². The second kappa shape index (κ2) is 8.73. The smallest absolute Gasteiger partial charge is 0.410 e. The molecule has 1 N–H and O–H groups in total. The van der Waals surface area contributed by atoms with Crippen molar-refractivity contribution in [3.63, 3.8) is 0 Å². The number of carbonyl (C=O) groups excluding carboxylic acids is 2. The first-order valence-electron chi connectivity index (χ1n) is 9.99. The largest absolute Gasteiger partial charge is 0.444 e. The number of amides is 2. The monoisotopic (exact) mass is 424 g/mol. The lowest BCUT2D eigenvalue weighted by Gasteiger charge is -2.43. The van der Waals surface area contributed by atoms with Crippen LogP contribution in [0.25, 0.3) is 0 Å². The highest BCUT2D eigenvalue weighted by Crippen LogP contribution is 2.25. The van der Waals surface area contributed by atoms with Crippen LogP contribution in [0.15, 0.2) is 29.2 Å². The zero-order valence-corrected chi connectivity index (χ0v) is 18.9. The van der Waals surface area contributed by atoms with E-state index in [1.165, 1.54) is 24.3 Å². The van der Waals surface area contributed by atoms with Gasteiger partial charge in [0, 0.05) is 12.1 Å². The lowest BCUT2D eigenvalue weighted by molar-refractivity contribution is 0.000871. The topological polar surface area (TPSA) is 92.8 Å². The van der Waals surface area contributed by atoms with E-state index in [0.717, 1.165) is 6.42 Å². The van der Waals surface area contributed by atoms with Crippen LogP contribution in [0.4, 0.5) is 4.79 Å². The van der Waals surface area contributed by atoms with Gasteiger partial charge in [0.2, 0.25) is 0 Å². The van der Waals surface area contributed by atoms with Gasteiger partial charge in [-0.25, -0.2) is 13.2 Å². The van der Waals surface area contributed by atoms with Crippen molar-refractivity contribution in [2.75, 3.05) is 12.3 Å². The summed E-state index contributed by atoms with van der Waals surface area (Å²) in [6, 6.07) is 5.48. The highest BCUT2D eigenvalue weighted by atomic mass is 32.2. The fourth-order valence-electron chi connectivity index (χ4n) is 3.45. The molecule has 0 aromatic heterocycles. The maximum atomic E-state index is 12.7. The number of hydrogen-bond donors (Lipinski definition) is 1. The summed E-state index contributed by atoms with van der Waals surface area (Å²) in [7, 11) is -3.31. The van der Waals surface area contributed by atoms with Gasteiger partial charge in [-0.05, 0) is 64.3 Å². The van der Waals surface area contributed by atoms with E-state index in [0.29, 0.717) is 12.1 Å². The number of nitrogens with zero attached hydrogens (tertiary/aromatic N) is 1. The Hall–Kier alpha value is -2.09. The average Bonchev–Trinajstić information content (AvgIpc) is 2.63. The Bertz CT molecular complexity index is 843. The van der Waals surface area contributed by atoms with Gasteiger partial charge in [0.1, 0.15) is 5.60 Å². The van der Waals surface area contributed by atoms with E-state index in [1.807, 2.05) is 34.6 Å². The van der Waals surface area contributed by atoms with Crippen molar-refractivity contribution in [3.8, 4) is 0 Å². The number of hydrogen-bond acceptors (Lipinski definition) is 5. The Morgan fingerprint density at radius 1 is 1.17 bits per heavy atom. The van der Waals surface area contributed by atoms with Crippen molar-refractivity contribution in [3.05, 3.63) is 29.8 Å². The molecule has 7 nitrogen and oxygen atoms in total. The average molecular weight is 425 g/mol. The fraction of sp³-hybridized carbons (Fsp3) is 0.619. The van der Waals surface area contributed by atoms with E-state index in [2.05, 4.69) is 5.32 Å². The molecule has 1 aliphatic heterocycles. The van der Waals surface area contributed by atoms with Crippen LogP contribution in [0.2, 0.25) is 0 Å². The highest BCUT2D eigenvalue weighted by molar-refractivity contribution is 7.91. The molecule has 2 rings (SSSR count). The number of nitrogens with one attached hydrogen (secondary N) is 1. The van der Waals surface area contributed by atoms with Crippen LogP contribution in [0, 0.1) is 5.92 Å². The minimum atomic E-state index is -3.31. The van der Waals surface area contributed by atoms with Crippen LogP contribution in [0.5, 0.6) is 0 Å². The summed E-state index contributed by atoms with van der Waals surface area (Å²) in [5, 5.41) is 3.02. The van der Waals surface area contributed by atoms with Crippen molar-refractivity contribution in [1.29, 1.82) is 0 Å². The van der Waals surface area contributed by atoms with Crippen LogP contribution in [-0.2, 0) is 14.6 Å². The van der Waals surface area contributed by atoms with Crippen LogP contribution in [-0.4, -0.2) is 55.3 Å². The Morgan fingerprint density at radius 3 is 2.28 bits per heavy atom. The van der Waals surface area contributed by atoms with E-state index >= 15 is 0 Å². The number of likely N-dealkylation sites (tertiary alicyclic amines) is 1. The summed E-state index contributed by atoms with van der Waals surface area (Å²) >= 11 is 0. The minimum absolute atomic E-state index is 0.0101. The summed E-state index contributed by atoms with van der Waals surface area (Å²) in [5.41, 5.74) is -0.201. The Labute approximate surface area is 173 Å². The molecule has 0 bridgehead atoms. The van der Waals surface area contributed by atoms with Crippen molar-refractivity contribution in [1.82, 2.24) is 10.2 Å². The third-order valence-corrected chi connectivity index (χ3v) is 6.98. The Kier molecular flexibility index (Phi) is 6.98. The van der Waals surface area contributed by atoms with Crippen LogP contribution < -0.4 is 5.32 Å². The van der Waals surface area contributed by atoms with Gasteiger partial charge in [0.15, 0.2) is 9.84 Å². The normalized spacial score (nSPS) is 22.8. The first-order valence-corrected chi connectivity index (χ1v) is 11.6. The van der Waals surface area contributed by atoms with Gasteiger partial charge in [-0.2, -0.15) is 0 Å². The standard InChI is InChI=1S/C21H32N2O5S/c1-7-29(26,27)17-10-8-16(9-11-17)19(24)22-18-14(2)12-13-23(15(18)3)20(25)28-21(4,5)6/h8-11,14-15,18H,7,12-13H2,1-6H3,(H,22,24)/t14-,15-,18+/m0/s1. The molecule has 1 fully saturated rings. The molecule has 1 heterocycles. The predicted octanol–water partition coefficient (Wildman–Crippen LogP) is 3.24. The molecule has 162 valence electrons. The summed E-state index contributed by atoms with van der Waals surface area (Å²) in [6.07, 6.45) is 0.368. The zero-order chi connectivity index (χ0) is 22.0. The van der Waals surface area contributed by atoms with Crippen molar-refractivity contribution >= 4 is 21.8 Å². The summed E-state index contributed by atoms with van der Waals surface area (Å²) in [5.74, 6) is -0.0940. The molecule has 0 spiro atoms. The molecule has 0 radical (unpaired) electrons. The molecular formula is C21H32N2O5S. The third kappa shape index (κ3) is 5.72. The molecule has 1 aromatic rings. The Balaban J connectivity index is 2.12. The number of benzene rings is 1. The second-order valence-electron chi connectivity index (χ2n) is 8.61. The molecule has 1 saturated heterocycles. The quantitative estimate of drug-likeness (QED) is 0.801. The first-order chi connectivity index (χ1) is 13.4. The maximum Gasteiger partial charge on any atom is 0.410 e. The van der Waals surface area contributed by atoms with E-state index in [4.69, 9.17) is 4.74 Å². The van der Waals surface area contributed by atoms with Gasteiger partial charge < -0.3 is 15.0 Å². The Morgan fingerprint density at radius 2 is 1.76 bits per heavy atom. The van der Waals surface area contributed by atoms with E-state index < -0.39 is 15.4 Å². The second-order valence-corrected chi connectivity index (χ2v) is 10.9. The lowest BCUT2D eigenvalue weighted by Crippen LogP contribution is -2.59. The van der Waals surface area contributed by atoms with Gasteiger partial charge >= 0.3 is 6.09 Å². The molecule has 0 aliphatic carbocycles. The van der Waals surface area contributed by atoms with Gasteiger partial charge in [-0.1, -0.05) is 13.8 Å². The summed E-state index contributed by atoms with van der Waals surface area (Å²) in [4.78, 5) is 27.1. The molecule has 2 amide bonds. The van der Waals surface area contributed by atoms with E-state index in [9.17, 15) is 18.0 Å². The number of piperidine rings is 1. The third-order valence-electron chi connectivity index (χ3n) is 5.23. The summed E-state index contributed by atoms with van der Waals surface area (Å²) < 4.78 is 29.4. The van der Waals surface area contributed by atoms with Crippen molar-refractivity contribution in [2.45, 2.75) is 70.5 Å². The van der Waals surface area contributed by atoms with Crippen LogP contribution in [0.3, 0.4) is 0 Å². The van der Waals surface area contributed by atoms with Crippen molar-refractivity contribution in [2.24, 2.45) is 5.92 Å². The first kappa shape index (κ1) is 23.2. The molecule has 29 heavy (non-hydrogen) atoms. The highest BCUT2D eigenvalue weighted by Gasteiger charge is 2.38. The fourth-order valence-corrected chi connectivity index (χ4v) is 4.34. The van der Waals surface area contributed by atoms with Gasteiger partial charge in [-0.15, -0.1) is 0 Å². The molecule has 0 unspecified atom stereocenters. The van der Waals surface area contributed by atoms with Crippen LogP contribution >= 0.6 is 0 Å². The number of rotatable bonds is 4. The van der Waals surface area contributed by atoms with E-state index in [-0.39, 0.29) is 40.7 Å². The number of carbonyl (C=O) groups is 2. The lowest BCUT2D eigenvalue weighted by atomic mass is 9.87. The molecule has 1 aliphatic rings. The molecular weight excluding hydrogens is 392 g/mol. The van der Waals surface area contributed by atoms with Gasteiger partial charge in [-0.3, -0.25) is 4.79 Å².